The van der Waals surface area contributed by atoms with Crippen molar-refractivity contribution in [3.05, 3.63) is 75.7 Å². The van der Waals surface area contributed by atoms with Crippen molar-refractivity contribution in [2.24, 2.45) is 17.3 Å². The van der Waals surface area contributed by atoms with E-state index in [1.54, 1.807) is 12.1 Å². The summed E-state index contributed by atoms with van der Waals surface area (Å²) in [5.74, 6) is 1.05. The number of hydrogen-bond donors (Lipinski definition) is 2. The molecule has 3 fully saturated rings. The van der Waals surface area contributed by atoms with E-state index in [4.69, 9.17) is 27.9 Å². The summed E-state index contributed by atoms with van der Waals surface area (Å²) < 4.78 is 17.2. The molecule has 4 heterocycles. The predicted octanol–water partition coefficient (Wildman–Crippen LogP) is 6.17. The maximum Gasteiger partial charge on any atom is 0.110 e. The maximum absolute atomic E-state index is 9.88. The number of aromatic nitrogens is 4. The third kappa shape index (κ3) is 5.42. The van der Waals surface area contributed by atoms with E-state index in [2.05, 4.69) is 57.7 Å². The molecular formula is C32H34Cl2N8O. The number of piperidine rings is 1. The number of rotatable bonds is 8. The van der Waals surface area contributed by atoms with Gasteiger partial charge in [-0.05, 0) is 29.2 Å². The molecule has 1 saturated carbocycles. The molecule has 7 rings (SSSR count). The monoisotopic (exact) mass is 617 g/mol. The van der Waals surface area contributed by atoms with Crippen LogP contribution in [0.5, 0.6) is 0 Å². The van der Waals surface area contributed by atoms with E-state index >= 15 is 0 Å². The third-order valence-corrected chi connectivity index (χ3v) is 9.26. The van der Waals surface area contributed by atoms with E-state index in [0.29, 0.717) is 73.6 Å². The molecule has 0 radical (unpaired) electrons. The quantitative estimate of drug-likeness (QED) is 0.242. The zero-order chi connectivity index (χ0) is 30.8. The van der Waals surface area contributed by atoms with Crippen molar-refractivity contribution < 1.29 is 6.11 Å². The van der Waals surface area contributed by atoms with E-state index in [9.17, 15) is 6.63 Å². The zero-order valence-electron chi connectivity index (χ0n) is 25.3. The number of ether oxygens (including phenoxy) is 1. The number of nitrogens with zero attached hydrogens (tertiary/aromatic N) is 6. The highest BCUT2D eigenvalue weighted by molar-refractivity contribution is 6.36. The average molecular weight is 619 g/mol. The number of pyridine rings is 1. The van der Waals surface area contributed by atoms with Crippen LogP contribution in [-0.2, 0) is 4.74 Å². The third-order valence-electron chi connectivity index (χ3n) is 8.64. The lowest BCUT2D eigenvalue weighted by Crippen LogP contribution is -2.49. The van der Waals surface area contributed by atoms with Crippen LogP contribution in [0.3, 0.4) is 0 Å². The minimum Gasteiger partial charge on any atom is -0.383 e. The molecule has 0 amide bonds. The molecule has 43 heavy (non-hydrogen) atoms. The van der Waals surface area contributed by atoms with Gasteiger partial charge in [-0.15, -0.1) is 5.10 Å². The summed E-state index contributed by atoms with van der Waals surface area (Å²) in [6.45, 7) is 10.7. The normalized spacial score (nSPS) is 23.6. The van der Waals surface area contributed by atoms with Crippen LogP contribution < -0.4 is 10.6 Å². The molecule has 2 aromatic heterocycles. The highest BCUT2D eigenvalue weighted by atomic mass is 35.5. The van der Waals surface area contributed by atoms with Gasteiger partial charge in [-0.3, -0.25) is 9.88 Å². The Hall–Kier alpha value is -3.42. The molecule has 2 saturated heterocycles. The summed E-state index contributed by atoms with van der Waals surface area (Å²) >= 11 is 13.5. The summed E-state index contributed by atoms with van der Waals surface area (Å²) in [4.78, 5) is 7.00. The molecule has 4 aromatic rings. The van der Waals surface area contributed by atoms with Gasteiger partial charge in [0.15, 0.2) is 0 Å². The standard InChI is InChI=1S/C32H34Cl2N8O/c1-32(2,3)17-37-28-18(10-35)11-36-29-22(28)8-19(9-26(29)34)38-30(21-6-4-5-7-25(21)33)27-14-42(40-39-27)31-23-12-41(13-24(23)31)20-15-43-16-20/h4-9,11,14,20,23-24,30-31,38H,12-13,15-17H2,1-3H3,(H,36,37)/t23-,24+,30-,31?/m1/s1/i30D. The Labute approximate surface area is 262 Å². The number of halogens is 2. The van der Waals surface area contributed by atoms with Gasteiger partial charge in [-0.25, -0.2) is 4.68 Å². The first-order valence-electron chi connectivity index (χ1n) is 15.1. The van der Waals surface area contributed by atoms with Crippen LogP contribution in [0.15, 0.2) is 48.8 Å². The lowest BCUT2D eigenvalue weighted by Gasteiger charge is -2.35. The topological polar surface area (TPSA) is 104 Å². The molecule has 2 aliphatic heterocycles. The summed E-state index contributed by atoms with van der Waals surface area (Å²) in [5.41, 5.74) is 3.12. The SMILES string of the molecule is [2H][C@](Nc1cc(Cl)c2ncc(C#N)c(NCC(C)(C)C)c2c1)(c1cn(C2[C@H]3CN(C4COC4)C[C@@H]23)nn1)c1ccccc1Cl. The molecular weight excluding hydrogens is 583 g/mol. The number of nitrogens with one attached hydrogen (secondary N) is 2. The molecule has 0 spiro atoms. The van der Waals surface area contributed by atoms with Gasteiger partial charge in [0.05, 0.1) is 60.7 Å². The van der Waals surface area contributed by atoms with Crippen LogP contribution in [0.25, 0.3) is 10.9 Å². The lowest BCUT2D eigenvalue weighted by atomic mass is 9.96. The Morgan fingerprint density at radius 2 is 1.93 bits per heavy atom. The highest BCUT2D eigenvalue weighted by Gasteiger charge is 2.58. The first-order valence-corrected chi connectivity index (χ1v) is 15.3. The van der Waals surface area contributed by atoms with Crippen LogP contribution in [0.4, 0.5) is 11.4 Å². The summed E-state index contributed by atoms with van der Waals surface area (Å²) in [7, 11) is 0. The molecule has 1 aliphatic carbocycles. The molecule has 222 valence electrons. The second kappa shape index (κ2) is 10.9. The number of anilines is 2. The Morgan fingerprint density at radius 1 is 1.16 bits per heavy atom. The first-order chi connectivity index (χ1) is 21.1. The number of hydrogen-bond acceptors (Lipinski definition) is 8. The fourth-order valence-corrected chi connectivity index (χ4v) is 6.73. The molecule has 2 N–H and O–H groups in total. The van der Waals surface area contributed by atoms with E-state index < -0.39 is 6.02 Å². The number of fused-ring (bicyclic) bond motifs is 2. The molecule has 2 aromatic carbocycles. The fourth-order valence-electron chi connectivity index (χ4n) is 6.23. The van der Waals surface area contributed by atoms with Crippen molar-refractivity contribution in [2.45, 2.75) is 38.9 Å². The van der Waals surface area contributed by atoms with Crippen molar-refractivity contribution >= 4 is 45.5 Å². The molecule has 11 heteroatoms. The predicted molar refractivity (Wildman–Crippen MR) is 169 cm³/mol. The summed E-state index contributed by atoms with van der Waals surface area (Å²) in [6.07, 6.45) is 3.41. The smallest absolute Gasteiger partial charge is 0.110 e. The van der Waals surface area contributed by atoms with Gasteiger partial charge in [0.1, 0.15) is 11.8 Å². The van der Waals surface area contributed by atoms with Gasteiger partial charge in [-0.2, -0.15) is 5.26 Å². The zero-order valence-corrected chi connectivity index (χ0v) is 25.8. The minimum atomic E-state index is -1.59. The second-order valence-electron chi connectivity index (χ2n) is 13.0. The minimum absolute atomic E-state index is 0.0296. The molecule has 0 bridgehead atoms. The highest BCUT2D eigenvalue weighted by Crippen LogP contribution is 2.55. The fraction of sp³-hybridized carbons (Fsp3) is 0.438. The number of nitriles is 1. The van der Waals surface area contributed by atoms with Crippen molar-refractivity contribution in [1.82, 2.24) is 24.9 Å². The first kappa shape index (κ1) is 27.2. The summed E-state index contributed by atoms with van der Waals surface area (Å²) in [6, 6.07) is 12.4. The molecule has 1 unspecified atom stereocenters. The van der Waals surface area contributed by atoms with Gasteiger partial charge in [0.25, 0.3) is 0 Å². The van der Waals surface area contributed by atoms with Gasteiger partial charge >= 0.3 is 0 Å². The molecule has 4 atom stereocenters. The van der Waals surface area contributed by atoms with Crippen molar-refractivity contribution in [3.8, 4) is 6.07 Å². The molecule has 9 nitrogen and oxygen atoms in total. The van der Waals surface area contributed by atoms with Crippen LogP contribution >= 0.6 is 23.2 Å². The number of likely N-dealkylation sites (tertiary alicyclic amines) is 1. The lowest BCUT2D eigenvalue weighted by molar-refractivity contribution is -0.0617. The van der Waals surface area contributed by atoms with Gasteiger partial charge in [0, 0.05) is 53.8 Å². The van der Waals surface area contributed by atoms with Gasteiger partial charge in [-0.1, -0.05) is 67.4 Å². The van der Waals surface area contributed by atoms with E-state index in [-0.39, 0.29) is 11.5 Å². The Morgan fingerprint density at radius 3 is 2.60 bits per heavy atom. The average Bonchev–Trinajstić information content (AvgIpc) is 3.27. The van der Waals surface area contributed by atoms with Crippen LogP contribution in [0.1, 0.15) is 51.0 Å². The second-order valence-corrected chi connectivity index (χ2v) is 13.8. The van der Waals surface area contributed by atoms with Gasteiger partial charge in [0.2, 0.25) is 0 Å². The van der Waals surface area contributed by atoms with E-state index in [1.807, 2.05) is 35.1 Å². The van der Waals surface area contributed by atoms with Crippen molar-refractivity contribution in [1.29, 1.82) is 5.26 Å². The van der Waals surface area contributed by atoms with Crippen LogP contribution in [0.2, 0.25) is 10.0 Å². The maximum atomic E-state index is 9.88. The molecule has 3 aliphatic rings. The Bertz CT molecular complexity index is 1770. The number of benzene rings is 2. The Balaban J connectivity index is 1.24. The van der Waals surface area contributed by atoms with Crippen molar-refractivity contribution in [2.75, 3.05) is 43.5 Å². The van der Waals surface area contributed by atoms with Gasteiger partial charge < -0.3 is 15.4 Å². The summed E-state index contributed by atoms with van der Waals surface area (Å²) in [5, 5.41) is 27.3. The Kier molecular flexibility index (Phi) is 6.91. The van der Waals surface area contributed by atoms with Crippen LogP contribution in [-0.4, -0.2) is 63.8 Å². The largest absolute Gasteiger partial charge is 0.383 e. The van der Waals surface area contributed by atoms with E-state index in [0.717, 1.165) is 26.3 Å². The van der Waals surface area contributed by atoms with Crippen LogP contribution in [0, 0.1) is 28.6 Å². The van der Waals surface area contributed by atoms with E-state index in [1.165, 1.54) is 6.20 Å². The van der Waals surface area contributed by atoms with Crippen molar-refractivity contribution in [3.63, 3.8) is 0 Å².